The fraction of sp³-hybridized carbons (Fsp3) is 0.714. The fourth-order valence-electron chi connectivity index (χ4n) is 1.69. The summed E-state index contributed by atoms with van der Waals surface area (Å²) >= 11 is 4.92. The Morgan fingerprint density at radius 1 is 1.42 bits per heavy atom. The molecule has 0 aromatic rings. The Morgan fingerprint density at radius 2 is 2.04 bits per heavy atom. The van der Waals surface area contributed by atoms with Crippen molar-refractivity contribution in [1.29, 1.82) is 0 Å². The number of carbonyl (C=O) groups excluding carboxylic acids is 2. The average molecular weight is 382 g/mol. The SMILES string of the molecule is COC(COP(O)(=S)OC(C)C)CC(C)N(C)/C=C\C(=O)NC=O. The average Bonchev–Trinajstić information content (AvgIpc) is 2.47. The Bertz CT molecular complexity index is 474. The van der Waals surface area contributed by atoms with Crippen molar-refractivity contribution in [3.8, 4) is 0 Å². The molecule has 24 heavy (non-hydrogen) atoms. The van der Waals surface area contributed by atoms with Crippen LogP contribution in [0.3, 0.4) is 0 Å². The first-order valence-corrected chi connectivity index (χ1v) is 10.0. The van der Waals surface area contributed by atoms with Gasteiger partial charge in [0, 0.05) is 32.5 Å². The van der Waals surface area contributed by atoms with E-state index in [-0.39, 0.29) is 24.9 Å². The quantitative estimate of drug-likeness (QED) is 0.295. The molecule has 0 aromatic heterocycles. The van der Waals surface area contributed by atoms with Gasteiger partial charge in [0.1, 0.15) is 0 Å². The predicted octanol–water partition coefficient (Wildman–Crippen LogP) is 1.16. The van der Waals surface area contributed by atoms with Crippen LogP contribution in [-0.4, -0.2) is 61.1 Å². The largest absolute Gasteiger partial charge is 0.379 e. The minimum atomic E-state index is -3.28. The van der Waals surface area contributed by atoms with E-state index in [0.717, 1.165) is 0 Å². The molecule has 0 saturated heterocycles. The number of rotatable bonds is 12. The molecule has 2 amide bonds. The van der Waals surface area contributed by atoms with Gasteiger partial charge in [-0.05, 0) is 39.0 Å². The highest BCUT2D eigenvalue weighted by molar-refractivity contribution is 8.07. The molecule has 0 aromatic carbocycles. The third-order valence-corrected chi connectivity index (χ3v) is 4.80. The van der Waals surface area contributed by atoms with Crippen LogP contribution in [0.15, 0.2) is 12.3 Å². The summed E-state index contributed by atoms with van der Waals surface area (Å²) in [7, 11) is 3.33. The first-order valence-electron chi connectivity index (χ1n) is 7.44. The summed E-state index contributed by atoms with van der Waals surface area (Å²) in [5.41, 5.74) is 0. The number of nitrogens with one attached hydrogen (secondary N) is 1. The van der Waals surface area contributed by atoms with Gasteiger partial charge in [-0.1, -0.05) is 0 Å². The number of hydrogen-bond donors (Lipinski definition) is 2. The second-order valence-electron chi connectivity index (χ2n) is 5.47. The highest BCUT2D eigenvalue weighted by Gasteiger charge is 2.22. The van der Waals surface area contributed by atoms with Gasteiger partial charge in [-0.2, -0.15) is 0 Å². The summed E-state index contributed by atoms with van der Waals surface area (Å²) in [6.45, 7) is 2.29. The molecule has 0 radical (unpaired) electrons. The van der Waals surface area contributed by atoms with Crippen molar-refractivity contribution in [3.05, 3.63) is 12.3 Å². The van der Waals surface area contributed by atoms with E-state index >= 15 is 0 Å². The first-order chi connectivity index (χ1) is 11.1. The minimum absolute atomic E-state index is 0.0152. The third-order valence-electron chi connectivity index (χ3n) is 3.06. The topological polar surface area (TPSA) is 97.3 Å². The summed E-state index contributed by atoms with van der Waals surface area (Å²) in [4.78, 5) is 33.1. The Morgan fingerprint density at radius 3 is 2.54 bits per heavy atom. The van der Waals surface area contributed by atoms with E-state index in [9.17, 15) is 14.5 Å². The Kier molecular flexibility index (Phi) is 11.3. The lowest BCUT2D eigenvalue weighted by molar-refractivity contribution is -0.121. The number of ether oxygens (including phenoxy) is 1. The standard InChI is InChI=1S/C14H27N2O6PS/c1-11(2)22-23(19,24)21-9-13(20-5)8-12(3)16(4)7-6-14(18)15-10-17/h6-7,10-13H,8-9H2,1-5H3,(H,19,24)(H,15,17,18)/b7-6-. The number of methoxy groups -OCH3 is 1. The van der Waals surface area contributed by atoms with Crippen LogP contribution >= 0.6 is 6.72 Å². The maximum absolute atomic E-state index is 11.2. The van der Waals surface area contributed by atoms with E-state index in [1.807, 2.05) is 12.2 Å². The smallest absolute Gasteiger partial charge is 0.324 e. The lowest BCUT2D eigenvalue weighted by Gasteiger charge is -2.27. The molecule has 3 atom stereocenters. The van der Waals surface area contributed by atoms with E-state index in [0.29, 0.717) is 12.8 Å². The van der Waals surface area contributed by atoms with E-state index in [2.05, 4.69) is 0 Å². The Hall–Kier alpha value is -0.830. The maximum Gasteiger partial charge on any atom is 0.324 e. The lowest BCUT2D eigenvalue weighted by Crippen LogP contribution is -2.32. The van der Waals surface area contributed by atoms with Gasteiger partial charge in [0.15, 0.2) is 0 Å². The van der Waals surface area contributed by atoms with Crippen molar-refractivity contribution in [2.45, 2.75) is 45.4 Å². The van der Waals surface area contributed by atoms with Gasteiger partial charge in [-0.3, -0.25) is 14.9 Å². The molecule has 0 heterocycles. The second kappa shape index (κ2) is 11.7. The number of hydrogen-bond acceptors (Lipinski definition) is 7. The van der Waals surface area contributed by atoms with Gasteiger partial charge in [0.05, 0.1) is 18.8 Å². The van der Waals surface area contributed by atoms with Crippen molar-refractivity contribution in [1.82, 2.24) is 10.2 Å². The normalized spacial score (nSPS) is 16.6. The second-order valence-corrected chi connectivity index (χ2v) is 8.26. The van der Waals surface area contributed by atoms with Gasteiger partial charge in [-0.15, -0.1) is 0 Å². The van der Waals surface area contributed by atoms with Crippen molar-refractivity contribution < 1.29 is 28.3 Å². The van der Waals surface area contributed by atoms with Crippen LogP contribution < -0.4 is 5.32 Å². The minimum Gasteiger partial charge on any atom is -0.379 e. The Balaban J connectivity index is 4.46. The zero-order valence-corrected chi connectivity index (χ0v) is 16.4. The molecule has 0 fully saturated rings. The van der Waals surface area contributed by atoms with Crippen LogP contribution in [0.5, 0.6) is 0 Å². The molecular formula is C14H27N2O6PS. The van der Waals surface area contributed by atoms with E-state index in [1.54, 1.807) is 32.0 Å². The molecule has 140 valence electrons. The highest BCUT2D eigenvalue weighted by atomic mass is 32.5. The zero-order chi connectivity index (χ0) is 18.8. The molecule has 0 aliphatic rings. The summed E-state index contributed by atoms with van der Waals surface area (Å²) in [6, 6.07) is 0.0152. The monoisotopic (exact) mass is 382 g/mol. The van der Waals surface area contributed by atoms with Gasteiger partial charge in [0.25, 0.3) is 5.91 Å². The summed E-state index contributed by atoms with van der Waals surface area (Å²) < 4.78 is 15.8. The number of carbonyl (C=O) groups is 2. The van der Waals surface area contributed by atoms with Crippen molar-refractivity contribution in [2.75, 3.05) is 20.8 Å². The van der Waals surface area contributed by atoms with Gasteiger partial charge in [0.2, 0.25) is 6.41 Å². The van der Waals surface area contributed by atoms with Crippen molar-refractivity contribution in [3.63, 3.8) is 0 Å². The maximum atomic E-state index is 11.2. The highest BCUT2D eigenvalue weighted by Crippen LogP contribution is 2.45. The number of nitrogens with zero attached hydrogens (tertiary/aromatic N) is 1. The molecule has 2 N–H and O–H groups in total. The van der Waals surface area contributed by atoms with Crippen LogP contribution in [-0.2, 0) is 35.2 Å². The lowest BCUT2D eigenvalue weighted by atomic mass is 10.1. The molecule has 10 heteroatoms. The molecule has 0 spiro atoms. The molecule has 0 bridgehead atoms. The van der Waals surface area contributed by atoms with Crippen LogP contribution in [0.4, 0.5) is 0 Å². The van der Waals surface area contributed by atoms with Gasteiger partial charge >= 0.3 is 6.72 Å². The van der Waals surface area contributed by atoms with Crippen molar-refractivity contribution in [2.24, 2.45) is 0 Å². The summed E-state index contributed by atoms with van der Waals surface area (Å²) in [5, 5.41) is 2.02. The van der Waals surface area contributed by atoms with E-state index in [1.165, 1.54) is 13.2 Å². The van der Waals surface area contributed by atoms with Crippen LogP contribution in [0, 0.1) is 0 Å². The molecule has 0 rings (SSSR count). The van der Waals surface area contributed by atoms with Crippen LogP contribution in [0.1, 0.15) is 27.2 Å². The van der Waals surface area contributed by atoms with E-state index < -0.39 is 12.6 Å². The molecule has 3 unspecified atom stereocenters. The van der Waals surface area contributed by atoms with Gasteiger partial charge in [-0.25, -0.2) is 0 Å². The van der Waals surface area contributed by atoms with Crippen molar-refractivity contribution >= 4 is 30.8 Å². The summed E-state index contributed by atoms with van der Waals surface area (Å²) in [5.74, 6) is -0.498. The number of imide groups is 1. The molecule has 0 aliphatic heterocycles. The molecule has 0 saturated carbocycles. The summed E-state index contributed by atoms with van der Waals surface area (Å²) in [6.07, 6.45) is 3.19. The third kappa shape index (κ3) is 10.9. The molecule has 0 aliphatic carbocycles. The predicted molar refractivity (Wildman–Crippen MR) is 94.7 cm³/mol. The van der Waals surface area contributed by atoms with Crippen LogP contribution in [0.25, 0.3) is 0 Å². The van der Waals surface area contributed by atoms with Crippen LogP contribution in [0.2, 0.25) is 0 Å². The fourth-order valence-corrected chi connectivity index (χ4v) is 3.34. The Labute approximate surface area is 148 Å². The molecular weight excluding hydrogens is 355 g/mol. The molecule has 8 nitrogen and oxygen atoms in total. The van der Waals surface area contributed by atoms with Gasteiger partial charge < -0.3 is 23.6 Å². The zero-order valence-electron chi connectivity index (χ0n) is 14.7. The number of amides is 2. The van der Waals surface area contributed by atoms with E-state index in [4.69, 9.17) is 25.6 Å². The first kappa shape index (κ1) is 23.2.